The third-order valence-electron chi connectivity index (χ3n) is 4.09. The number of ether oxygens (including phenoxy) is 1. The van der Waals surface area contributed by atoms with Crippen molar-refractivity contribution in [1.29, 1.82) is 0 Å². The van der Waals surface area contributed by atoms with Crippen molar-refractivity contribution in [3.63, 3.8) is 0 Å². The van der Waals surface area contributed by atoms with Crippen LogP contribution in [0.5, 0.6) is 6.01 Å². The van der Waals surface area contributed by atoms with E-state index in [0.717, 1.165) is 22.3 Å². The van der Waals surface area contributed by atoms with Gasteiger partial charge in [-0.05, 0) is 16.7 Å². The number of aromatic nitrogens is 3. The van der Waals surface area contributed by atoms with Gasteiger partial charge in [-0.25, -0.2) is 0 Å². The maximum atomic E-state index is 12.6. The van der Waals surface area contributed by atoms with E-state index in [9.17, 15) is 4.79 Å². The van der Waals surface area contributed by atoms with E-state index in [0.29, 0.717) is 10.9 Å². The zero-order chi connectivity index (χ0) is 17.2. The molecule has 0 radical (unpaired) electrons. The van der Waals surface area contributed by atoms with E-state index in [1.807, 2.05) is 54.6 Å². The van der Waals surface area contributed by atoms with E-state index in [1.54, 1.807) is 12.4 Å². The Labute approximate surface area is 144 Å². The molecule has 122 valence electrons. The van der Waals surface area contributed by atoms with Gasteiger partial charge in [-0.2, -0.15) is 4.98 Å². The lowest BCUT2D eigenvalue weighted by Gasteiger charge is -2.11. The molecule has 0 amide bonds. The summed E-state index contributed by atoms with van der Waals surface area (Å²) in [7, 11) is 1.46. The number of nitrogens with zero attached hydrogens (tertiary/aromatic N) is 2. The van der Waals surface area contributed by atoms with Crippen LogP contribution in [0.15, 0.2) is 71.8 Å². The molecule has 0 aliphatic carbocycles. The van der Waals surface area contributed by atoms with Gasteiger partial charge in [0.05, 0.1) is 18.7 Å². The predicted molar refractivity (Wildman–Crippen MR) is 97.6 cm³/mol. The molecule has 1 N–H and O–H groups in total. The first-order valence-corrected chi connectivity index (χ1v) is 7.85. The minimum absolute atomic E-state index is 0.174. The van der Waals surface area contributed by atoms with Gasteiger partial charge in [-0.15, -0.1) is 0 Å². The van der Waals surface area contributed by atoms with E-state index in [4.69, 9.17) is 4.74 Å². The van der Waals surface area contributed by atoms with E-state index in [1.165, 1.54) is 7.11 Å². The molecule has 25 heavy (non-hydrogen) atoms. The summed E-state index contributed by atoms with van der Waals surface area (Å²) < 4.78 is 5.05. The Bertz CT molecular complexity index is 1100. The lowest BCUT2D eigenvalue weighted by atomic mass is 9.94. The van der Waals surface area contributed by atoms with Crippen molar-refractivity contribution >= 4 is 10.9 Å². The van der Waals surface area contributed by atoms with Gasteiger partial charge in [0.1, 0.15) is 5.52 Å². The predicted octanol–water partition coefficient (Wildman–Crippen LogP) is 3.66. The number of hydrogen-bond acceptors (Lipinski definition) is 4. The van der Waals surface area contributed by atoms with Gasteiger partial charge in [0.15, 0.2) is 0 Å². The number of hydrogen-bond donors (Lipinski definition) is 1. The summed E-state index contributed by atoms with van der Waals surface area (Å²) in [5, 5.41) is 0.499. The summed E-state index contributed by atoms with van der Waals surface area (Å²) in [5.74, 6) is 0. The van der Waals surface area contributed by atoms with Gasteiger partial charge < -0.3 is 4.74 Å². The quantitative estimate of drug-likeness (QED) is 0.623. The monoisotopic (exact) mass is 329 g/mol. The molecule has 2 aromatic carbocycles. The van der Waals surface area contributed by atoms with Crippen molar-refractivity contribution in [1.82, 2.24) is 15.0 Å². The van der Waals surface area contributed by atoms with E-state index in [2.05, 4.69) is 15.0 Å². The zero-order valence-electron chi connectivity index (χ0n) is 13.6. The number of fused-ring (bicyclic) bond motifs is 1. The van der Waals surface area contributed by atoms with Crippen LogP contribution in [0.25, 0.3) is 33.2 Å². The van der Waals surface area contributed by atoms with Crippen LogP contribution < -0.4 is 10.3 Å². The number of H-pyrrole nitrogens is 1. The second kappa shape index (κ2) is 6.20. The largest absolute Gasteiger partial charge is 0.468 e. The zero-order valence-corrected chi connectivity index (χ0v) is 13.6. The van der Waals surface area contributed by atoms with Crippen LogP contribution in [0.2, 0.25) is 0 Å². The Morgan fingerprint density at radius 2 is 1.60 bits per heavy atom. The molecule has 0 spiro atoms. The van der Waals surface area contributed by atoms with Crippen LogP contribution >= 0.6 is 0 Å². The molecule has 5 nitrogen and oxygen atoms in total. The lowest BCUT2D eigenvalue weighted by Crippen LogP contribution is -2.11. The van der Waals surface area contributed by atoms with E-state index in [-0.39, 0.29) is 11.6 Å². The van der Waals surface area contributed by atoms with Crippen molar-refractivity contribution < 1.29 is 4.74 Å². The standard InChI is InChI=1S/C20H15N3O2/c1-25-20-22-17-12-21-11-16(18(17)19(24)23-20)15-10-6-5-9-14(15)13-7-3-2-4-8-13/h2-12H,1H3,(H,22,23,24). The molecule has 0 saturated carbocycles. The smallest absolute Gasteiger partial charge is 0.296 e. The van der Waals surface area contributed by atoms with E-state index < -0.39 is 0 Å². The van der Waals surface area contributed by atoms with Gasteiger partial charge >= 0.3 is 0 Å². The van der Waals surface area contributed by atoms with Crippen LogP contribution in [0, 0.1) is 0 Å². The molecule has 5 heteroatoms. The average Bonchev–Trinajstić information content (AvgIpc) is 2.68. The first-order chi connectivity index (χ1) is 12.3. The normalized spacial score (nSPS) is 10.8. The first-order valence-electron chi connectivity index (χ1n) is 7.85. The molecule has 0 aliphatic heterocycles. The SMILES string of the molecule is COc1nc2cncc(-c3ccccc3-c3ccccc3)c2c(=O)[nH]1. The average molecular weight is 329 g/mol. The second-order valence-electron chi connectivity index (χ2n) is 5.57. The molecule has 4 rings (SSSR count). The van der Waals surface area contributed by atoms with Gasteiger partial charge in [0.25, 0.3) is 11.6 Å². The van der Waals surface area contributed by atoms with Gasteiger partial charge in [0, 0.05) is 11.8 Å². The number of benzene rings is 2. The summed E-state index contributed by atoms with van der Waals surface area (Å²) in [6.07, 6.45) is 3.27. The number of rotatable bonds is 3. The molecule has 0 saturated heterocycles. The van der Waals surface area contributed by atoms with Crippen LogP contribution in [0.3, 0.4) is 0 Å². The third-order valence-corrected chi connectivity index (χ3v) is 4.09. The fourth-order valence-electron chi connectivity index (χ4n) is 2.96. The highest BCUT2D eigenvalue weighted by molar-refractivity contribution is 5.97. The molecule has 0 fully saturated rings. The molecule has 0 unspecified atom stereocenters. The van der Waals surface area contributed by atoms with Gasteiger partial charge in [0.2, 0.25) is 0 Å². The van der Waals surface area contributed by atoms with Crippen LogP contribution in [0.1, 0.15) is 0 Å². The molecule has 4 aromatic rings. The van der Waals surface area contributed by atoms with Crippen molar-refractivity contribution in [3.05, 3.63) is 77.3 Å². The Balaban J connectivity index is 2.03. The first kappa shape index (κ1) is 15.1. The number of pyridine rings is 1. The molecule has 0 aliphatic rings. The third kappa shape index (κ3) is 2.65. The van der Waals surface area contributed by atoms with Crippen molar-refractivity contribution in [2.24, 2.45) is 0 Å². The summed E-state index contributed by atoms with van der Waals surface area (Å²) >= 11 is 0. The molecular formula is C20H15N3O2. The maximum Gasteiger partial charge on any atom is 0.296 e. The second-order valence-corrected chi connectivity index (χ2v) is 5.57. The Kier molecular flexibility index (Phi) is 3.74. The summed E-state index contributed by atoms with van der Waals surface area (Å²) in [5.41, 5.74) is 4.04. The lowest BCUT2D eigenvalue weighted by molar-refractivity contribution is 0.380. The highest BCUT2D eigenvalue weighted by atomic mass is 16.5. The van der Waals surface area contributed by atoms with Crippen molar-refractivity contribution in [3.8, 4) is 28.3 Å². The van der Waals surface area contributed by atoms with E-state index >= 15 is 0 Å². The molecule has 2 aromatic heterocycles. The van der Waals surface area contributed by atoms with Crippen molar-refractivity contribution in [2.75, 3.05) is 7.11 Å². The molecule has 2 heterocycles. The molecular weight excluding hydrogens is 314 g/mol. The van der Waals surface area contributed by atoms with Gasteiger partial charge in [-0.1, -0.05) is 54.6 Å². The number of nitrogens with one attached hydrogen (secondary N) is 1. The Morgan fingerprint density at radius 1 is 0.880 bits per heavy atom. The minimum Gasteiger partial charge on any atom is -0.468 e. The van der Waals surface area contributed by atoms with Crippen molar-refractivity contribution in [2.45, 2.75) is 0 Å². The fraction of sp³-hybridized carbons (Fsp3) is 0.0500. The highest BCUT2D eigenvalue weighted by Crippen LogP contribution is 2.34. The number of aromatic amines is 1. The number of methoxy groups -OCH3 is 1. The van der Waals surface area contributed by atoms with Crippen LogP contribution in [0.4, 0.5) is 0 Å². The Morgan fingerprint density at radius 3 is 2.36 bits per heavy atom. The Hall–Kier alpha value is -3.47. The summed E-state index contributed by atoms with van der Waals surface area (Å²) in [4.78, 5) is 23.8. The van der Waals surface area contributed by atoms with Gasteiger partial charge in [-0.3, -0.25) is 14.8 Å². The maximum absolute atomic E-state index is 12.6. The topological polar surface area (TPSA) is 67.9 Å². The fourth-order valence-corrected chi connectivity index (χ4v) is 2.96. The molecule has 0 atom stereocenters. The summed E-state index contributed by atoms with van der Waals surface area (Å²) in [6, 6.07) is 18.2. The highest BCUT2D eigenvalue weighted by Gasteiger charge is 2.14. The minimum atomic E-state index is -0.248. The van der Waals surface area contributed by atoms with Crippen LogP contribution in [-0.4, -0.2) is 22.1 Å². The summed E-state index contributed by atoms with van der Waals surface area (Å²) in [6.45, 7) is 0. The van der Waals surface area contributed by atoms with Crippen LogP contribution in [-0.2, 0) is 0 Å². The molecule has 0 bridgehead atoms.